The quantitative estimate of drug-likeness (QED) is 0.0382. The van der Waals surface area contributed by atoms with Crippen molar-refractivity contribution in [3.8, 4) is 0 Å². The van der Waals surface area contributed by atoms with Gasteiger partial charge in [-0.25, -0.2) is 0 Å². The van der Waals surface area contributed by atoms with E-state index in [2.05, 4.69) is 45.2 Å². The zero-order valence-electron chi connectivity index (χ0n) is 32.6. The highest BCUT2D eigenvalue weighted by atomic mass is 32.1. The van der Waals surface area contributed by atoms with Crippen LogP contribution in [-0.2, 0) is 27.2 Å². The van der Waals surface area contributed by atoms with Crippen LogP contribution in [0.1, 0.15) is 175 Å². The van der Waals surface area contributed by atoms with E-state index in [4.69, 9.17) is 27.2 Å². The Hall–Kier alpha value is 0.287. The fourth-order valence-electron chi connectivity index (χ4n) is 5.56. The molecule has 48 heavy (non-hydrogen) atoms. The third kappa shape index (κ3) is 33.4. The summed E-state index contributed by atoms with van der Waals surface area (Å²) >= 11 is 4.37. The van der Waals surface area contributed by atoms with Gasteiger partial charge in [0.15, 0.2) is 0 Å². The molecule has 0 atom stereocenters. The second kappa shape index (κ2) is 40.1. The lowest BCUT2D eigenvalue weighted by atomic mass is 10.1. The van der Waals surface area contributed by atoms with Crippen molar-refractivity contribution in [2.24, 2.45) is 0 Å². The molecule has 9 heteroatoms. The lowest BCUT2D eigenvalue weighted by molar-refractivity contribution is -0.0573. The lowest BCUT2D eigenvalue weighted by Gasteiger charge is -2.30. The summed E-state index contributed by atoms with van der Waals surface area (Å²) < 4.78 is 37.4. The molecule has 0 radical (unpaired) electrons. The van der Waals surface area contributed by atoms with Gasteiger partial charge in [-0.1, -0.05) is 137 Å². The first kappa shape index (κ1) is 48.3. The molecule has 0 N–H and O–H groups in total. The molecule has 0 amide bonds. The highest BCUT2D eigenvalue weighted by molar-refractivity contribution is 7.80. The summed E-state index contributed by atoms with van der Waals surface area (Å²) in [5, 5.41) is 0. The molecular formula is C39H83NO6SSi. The van der Waals surface area contributed by atoms with Gasteiger partial charge in [-0.2, -0.15) is 12.6 Å². The predicted octanol–water partition coefficient (Wildman–Crippen LogP) is 10.8. The molecule has 0 saturated heterocycles. The Balaban J connectivity index is 5.23. The van der Waals surface area contributed by atoms with Crippen molar-refractivity contribution in [3.05, 3.63) is 0 Å². The molecule has 7 nitrogen and oxygen atoms in total. The number of ether oxygens (including phenoxy) is 2. The van der Waals surface area contributed by atoms with Crippen LogP contribution in [0, 0.1) is 0 Å². The molecule has 0 aliphatic rings. The average Bonchev–Trinajstić information content (AvgIpc) is 3.09. The van der Waals surface area contributed by atoms with E-state index in [1.165, 1.54) is 103 Å². The highest BCUT2D eigenvalue weighted by Gasteiger charge is 2.46. The maximum Gasteiger partial charge on any atom is 0.679 e. The van der Waals surface area contributed by atoms with Gasteiger partial charge < -0.3 is 32.1 Å². The fraction of sp³-hybridized carbons (Fsp3) is 1.00. The van der Waals surface area contributed by atoms with Crippen LogP contribution in [0.15, 0.2) is 0 Å². The van der Waals surface area contributed by atoms with Crippen molar-refractivity contribution in [2.45, 2.75) is 175 Å². The first-order valence-electron chi connectivity index (χ1n) is 20.7. The van der Waals surface area contributed by atoms with Crippen LogP contribution in [0.25, 0.3) is 0 Å². The number of nitrogens with zero attached hydrogens (tertiary/aromatic N) is 1. The van der Waals surface area contributed by atoms with E-state index in [1.807, 2.05) is 0 Å². The molecule has 0 aromatic carbocycles. The Bertz CT molecular complexity index is 573. The zero-order chi connectivity index (χ0) is 35.1. The van der Waals surface area contributed by atoms with Gasteiger partial charge in [0.05, 0.1) is 33.0 Å². The molecular weight excluding hydrogens is 639 g/mol. The van der Waals surface area contributed by atoms with Gasteiger partial charge in [0, 0.05) is 26.4 Å². The van der Waals surface area contributed by atoms with Gasteiger partial charge in [0.25, 0.3) is 0 Å². The largest absolute Gasteiger partial charge is 0.679 e. The van der Waals surface area contributed by atoms with Crippen molar-refractivity contribution in [1.82, 2.24) is 4.90 Å². The third-order valence-corrected chi connectivity index (χ3v) is 11.3. The number of thiol groups is 1. The Morgan fingerprint density at radius 2 is 0.750 bits per heavy atom. The fourth-order valence-corrected chi connectivity index (χ4v) is 7.69. The van der Waals surface area contributed by atoms with Crippen LogP contribution in [0.2, 0.25) is 0 Å². The molecule has 290 valence electrons. The number of hydrogen-bond donors (Lipinski definition) is 1. The molecule has 0 rings (SSSR count). The Morgan fingerprint density at radius 1 is 0.354 bits per heavy atom. The number of hydrogen-bond acceptors (Lipinski definition) is 8. The first-order chi connectivity index (χ1) is 23.7. The van der Waals surface area contributed by atoms with Crippen molar-refractivity contribution in [2.75, 3.05) is 78.2 Å². The minimum atomic E-state index is -3.39. The van der Waals surface area contributed by atoms with Crippen LogP contribution >= 0.6 is 12.6 Å². The van der Waals surface area contributed by atoms with Crippen molar-refractivity contribution in [1.29, 1.82) is 0 Å². The Morgan fingerprint density at radius 3 is 1.21 bits per heavy atom. The van der Waals surface area contributed by atoms with Gasteiger partial charge in [-0.3, -0.25) is 0 Å². The van der Waals surface area contributed by atoms with Gasteiger partial charge in [-0.05, 0) is 57.4 Å². The van der Waals surface area contributed by atoms with Crippen LogP contribution in [0.5, 0.6) is 0 Å². The molecule has 0 aliphatic carbocycles. The van der Waals surface area contributed by atoms with E-state index in [9.17, 15) is 0 Å². The molecule has 0 saturated carbocycles. The molecule has 0 heterocycles. The average molecular weight is 722 g/mol. The van der Waals surface area contributed by atoms with E-state index in [1.54, 1.807) is 0 Å². The van der Waals surface area contributed by atoms with Gasteiger partial charge in [0.2, 0.25) is 0 Å². The highest BCUT2D eigenvalue weighted by Crippen LogP contribution is 2.16. The third-order valence-electron chi connectivity index (χ3n) is 8.72. The van der Waals surface area contributed by atoms with E-state index < -0.39 is 9.05 Å². The summed E-state index contributed by atoms with van der Waals surface area (Å²) in [6, 6.07) is 0. The predicted molar refractivity (Wildman–Crippen MR) is 210 cm³/mol. The monoisotopic (exact) mass is 722 g/mol. The molecule has 0 bridgehead atoms. The minimum Gasteiger partial charge on any atom is -0.379 e. The molecule has 0 spiro atoms. The summed E-state index contributed by atoms with van der Waals surface area (Å²) in [4.78, 5) is 2.61. The summed E-state index contributed by atoms with van der Waals surface area (Å²) in [6.07, 6.45) is 29.0. The Labute approximate surface area is 306 Å². The van der Waals surface area contributed by atoms with E-state index in [0.29, 0.717) is 39.6 Å². The number of unbranched alkanes of at least 4 members (excludes halogenated alkanes) is 18. The maximum absolute atomic E-state index is 6.59. The van der Waals surface area contributed by atoms with Crippen molar-refractivity contribution in [3.63, 3.8) is 0 Å². The SMILES string of the molecule is CCCCCCCCCCN(CCCCCCCCCC)CCO[Si](OCCCCCS)(OCCOCCCC)OCCOCCCC. The summed E-state index contributed by atoms with van der Waals surface area (Å²) in [6.45, 7) is 16.5. The van der Waals surface area contributed by atoms with Crippen LogP contribution in [0.4, 0.5) is 0 Å². The Kier molecular flexibility index (Phi) is 40.3. The summed E-state index contributed by atoms with van der Waals surface area (Å²) in [5.74, 6) is 0.893. The van der Waals surface area contributed by atoms with Gasteiger partial charge in [-0.15, -0.1) is 0 Å². The number of rotatable bonds is 42. The van der Waals surface area contributed by atoms with Gasteiger partial charge >= 0.3 is 9.05 Å². The van der Waals surface area contributed by atoms with Crippen LogP contribution < -0.4 is 0 Å². The standard InChI is InChI=1S/C39H83NO6SSi/c1-5-9-13-15-17-19-21-24-28-40(29-25-22-20-18-16-14-10-6-2)30-34-44-48(43-33-26-23-27-39-47,45-37-35-41-31-11-7-3)46-38-36-42-32-12-8-4/h47H,5-39H2,1-4H3. The summed E-state index contributed by atoms with van der Waals surface area (Å²) in [7, 11) is -3.39. The first-order valence-corrected chi connectivity index (χ1v) is 23.0. The topological polar surface area (TPSA) is 58.6 Å². The zero-order valence-corrected chi connectivity index (χ0v) is 34.5. The van der Waals surface area contributed by atoms with E-state index >= 15 is 0 Å². The second-order valence-corrected chi connectivity index (χ2v) is 16.0. The van der Waals surface area contributed by atoms with E-state index in [0.717, 1.165) is 83.5 Å². The normalized spacial score (nSPS) is 12.1. The van der Waals surface area contributed by atoms with Crippen molar-refractivity contribution >= 4 is 21.7 Å². The van der Waals surface area contributed by atoms with Crippen molar-refractivity contribution < 1.29 is 27.2 Å². The molecule has 0 aromatic heterocycles. The van der Waals surface area contributed by atoms with Gasteiger partial charge in [0.1, 0.15) is 0 Å². The molecule has 0 fully saturated rings. The lowest BCUT2D eigenvalue weighted by Crippen LogP contribution is -2.52. The molecule has 0 unspecified atom stereocenters. The van der Waals surface area contributed by atoms with E-state index in [-0.39, 0.29) is 0 Å². The molecule has 0 aromatic rings. The smallest absolute Gasteiger partial charge is 0.379 e. The van der Waals surface area contributed by atoms with Crippen LogP contribution in [0.3, 0.4) is 0 Å². The summed E-state index contributed by atoms with van der Waals surface area (Å²) in [5.41, 5.74) is 0. The second-order valence-electron chi connectivity index (χ2n) is 13.4. The molecule has 0 aliphatic heterocycles. The maximum atomic E-state index is 6.59. The minimum absolute atomic E-state index is 0.406. The van der Waals surface area contributed by atoms with Crippen LogP contribution in [-0.4, -0.2) is 92.2 Å².